The number of fused-ring (bicyclic) bond motifs is 8. The summed E-state index contributed by atoms with van der Waals surface area (Å²) in [5.74, 6) is 0.593. The van der Waals surface area contributed by atoms with Crippen molar-refractivity contribution in [2.75, 3.05) is 4.90 Å². The van der Waals surface area contributed by atoms with E-state index in [1.54, 1.807) is 0 Å². The van der Waals surface area contributed by atoms with Crippen LogP contribution in [0.2, 0.25) is 0 Å². The van der Waals surface area contributed by atoms with Gasteiger partial charge in [-0.3, -0.25) is 0 Å². The molecule has 3 heterocycles. The van der Waals surface area contributed by atoms with Gasteiger partial charge in [-0.25, -0.2) is 4.98 Å². The minimum Gasteiger partial charge on any atom is -0.454 e. The average molecular weight is 618 g/mol. The molecular weight excluding hydrogens is 590 g/mol. The molecule has 0 unspecified atom stereocenters. The fraction of sp³-hybridized carbons (Fsp3) is 0. The van der Waals surface area contributed by atoms with Gasteiger partial charge >= 0.3 is 0 Å². The minimum absolute atomic E-state index is 0.593. The van der Waals surface area contributed by atoms with Crippen LogP contribution in [0.25, 0.3) is 72.0 Å². The molecule has 0 aliphatic heterocycles. The molecule has 0 aliphatic rings. The predicted molar refractivity (Wildman–Crippen MR) is 196 cm³/mol. The lowest BCUT2D eigenvalue weighted by molar-refractivity contribution is 0.619. The van der Waals surface area contributed by atoms with E-state index in [-0.39, 0.29) is 0 Å². The number of oxazole rings is 1. The molecule has 10 rings (SSSR count). The Morgan fingerprint density at radius 3 is 1.96 bits per heavy atom. The van der Waals surface area contributed by atoms with E-state index in [2.05, 4.69) is 131 Å². The number of para-hydroxylation sites is 5. The largest absolute Gasteiger partial charge is 0.454 e. The van der Waals surface area contributed by atoms with Gasteiger partial charge in [-0.2, -0.15) is 0 Å². The van der Waals surface area contributed by atoms with Crippen LogP contribution in [0.3, 0.4) is 0 Å². The molecule has 0 spiro atoms. The first kappa shape index (κ1) is 26.6. The number of hydrogen-bond acceptors (Lipinski definition) is 4. The summed E-state index contributed by atoms with van der Waals surface area (Å²) in [5, 5.41) is 4.32. The molecule has 226 valence electrons. The number of benzene rings is 7. The van der Waals surface area contributed by atoms with Crippen molar-refractivity contribution in [2.24, 2.45) is 0 Å². The Morgan fingerprint density at radius 2 is 1.15 bits per heavy atom. The van der Waals surface area contributed by atoms with Crippen molar-refractivity contribution < 1.29 is 8.83 Å². The molecule has 48 heavy (non-hydrogen) atoms. The first-order chi connectivity index (χ1) is 23.8. The number of hydrogen-bond donors (Lipinski definition) is 0. The molecule has 0 aliphatic carbocycles. The maximum absolute atomic E-state index is 6.79. The van der Waals surface area contributed by atoms with Crippen molar-refractivity contribution in [1.29, 1.82) is 0 Å². The normalized spacial score (nSPS) is 11.8. The van der Waals surface area contributed by atoms with E-state index in [9.17, 15) is 0 Å². The molecule has 0 amide bonds. The minimum atomic E-state index is 0.593. The average Bonchev–Trinajstić information content (AvgIpc) is 3.85. The van der Waals surface area contributed by atoms with E-state index in [1.807, 2.05) is 42.5 Å². The Kier molecular flexibility index (Phi) is 5.81. The van der Waals surface area contributed by atoms with Crippen LogP contribution in [0, 0.1) is 0 Å². The number of aromatic nitrogens is 2. The summed E-state index contributed by atoms with van der Waals surface area (Å²) in [5.41, 5.74) is 10.4. The van der Waals surface area contributed by atoms with Gasteiger partial charge in [0.25, 0.3) is 0 Å². The highest BCUT2D eigenvalue weighted by Crippen LogP contribution is 2.47. The molecule has 0 saturated carbocycles. The zero-order valence-corrected chi connectivity index (χ0v) is 25.7. The van der Waals surface area contributed by atoms with E-state index < -0.39 is 0 Å². The van der Waals surface area contributed by atoms with E-state index in [0.717, 1.165) is 72.4 Å². The highest BCUT2D eigenvalue weighted by atomic mass is 16.4. The first-order valence-electron chi connectivity index (χ1n) is 16.1. The van der Waals surface area contributed by atoms with Gasteiger partial charge in [-0.1, -0.05) is 97.1 Å². The quantitative estimate of drug-likeness (QED) is 0.193. The summed E-state index contributed by atoms with van der Waals surface area (Å²) < 4.78 is 15.4. The third kappa shape index (κ3) is 3.94. The molecule has 5 heteroatoms. The van der Waals surface area contributed by atoms with E-state index in [4.69, 9.17) is 13.8 Å². The van der Waals surface area contributed by atoms with E-state index in [1.165, 1.54) is 10.8 Å². The summed E-state index contributed by atoms with van der Waals surface area (Å²) in [6.07, 6.45) is 0. The molecule has 0 radical (unpaired) electrons. The number of nitrogens with zero attached hydrogens (tertiary/aromatic N) is 3. The van der Waals surface area contributed by atoms with Crippen molar-refractivity contribution in [3.63, 3.8) is 0 Å². The highest BCUT2D eigenvalue weighted by Gasteiger charge is 2.25. The third-order valence-corrected chi connectivity index (χ3v) is 9.20. The van der Waals surface area contributed by atoms with Crippen LogP contribution < -0.4 is 4.90 Å². The van der Waals surface area contributed by atoms with Crippen molar-refractivity contribution in [3.05, 3.63) is 164 Å². The van der Waals surface area contributed by atoms with Crippen LogP contribution in [0.15, 0.2) is 173 Å². The lowest BCUT2D eigenvalue weighted by atomic mass is 10.1. The zero-order valence-electron chi connectivity index (χ0n) is 25.7. The molecule has 0 bridgehead atoms. The fourth-order valence-electron chi connectivity index (χ4n) is 7.15. The Labute approximate surface area is 275 Å². The van der Waals surface area contributed by atoms with Crippen LogP contribution in [0.4, 0.5) is 17.1 Å². The SMILES string of the molecule is c1ccc(-c2nc3c(ccc4oc5c(N(c6ccccc6)c6cccc7c8ccccc8n(-c8ccccc8)c67)cccc5c43)o2)cc1. The van der Waals surface area contributed by atoms with Gasteiger partial charge in [-0.15, -0.1) is 0 Å². The molecular formula is C43H27N3O2. The first-order valence-corrected chi connectivity index (χ1v) is 16.1. The van der Waals surface area contributed by atoms with Gasteiger partial charge in [-0.05, 0) is 66.7 Å². The molecule has 0 fully saturated rings. The number of furan rings is 1. The summed E-state index contributed by atoms with van der Waals surface area (Å²) in [6, 6.07) is 56.6. The van der Waals surface area contributed by atoms with Gasteiger partial charge in [0, 0.05) is 33.1 Å². The maximum atomic E-state index is 6.79. The second kappa shape index (κ2) is 10.5. The van der Waals surface area contributed by atoms with E-state index >= 15 is 0 Å². The van der Waals surface area contributed by atoms with E-state index in [0.29, 0.717) is 5.89 Å². The molecule has 0 atom stereocenters. The molecule has 0 N–H and O–H groups in total. The summed E-state index contributed by atoms with van der Waals surface area (Å²) in [4.78, 5) is 7.31. The van der Waals surface area contributed by atoms with Crippen molar-refractivity contribution >= 4 is 71.9 Å². The molecule has 7 aromatic carbocycles. The van der Waals surface area contributed by atoms with Gasteiger partial charge in [0.2, 0.25) is 5.89 Å². The Balaban J connectivity index is 1.28. The molecule has 10 aromatic rings. The van der Waals surface area contributed by atoms with Crippen molar-refractivity contribution in [3.8, 4) is 17.1 Å². The Hall–Kier alpha value is -6.59. The highest BCUT2D eigenvalue weighted by molar-refractivity contribution is 6.20. The second-order valence-corrected chi connectivity index (χ2v) is 12.0. The van der Waals surface area contributed by atoms with Crippen LogP contribution in [-0.2, 0) is 0 Å². The maximum Gasteiger partial charge on any atom is 0.227 e. The zero-order chi connectivity index (χ0) is 31.6. The third-order valence-electron chi connectivity index (χ3n) is 9.20. The predicted octanol–water partition coefficient (Wildman–Crippen LogP) is 12.0. The van der Waals surface area contributed by atoms with Crippen LogP contribution in [0.5, 0.6) is 0 Å². The summed E-state index contributed by atoms with van der Waals surface area (Å²) in [6.45, 7) is 0. The topological polar surface area (TPSA) is 47.3 Å². The van der Waals surface area contributed by atoms with Gasteiger partial charge in [0.1, 0.15) is 11.1 Å². The smallest absolute Gasteiger partial charge is 0.227 e. The van der Waals surface area contributed by atoms with Gasteiger partial charge in [0.05, 0.1) is 27.8 Å². The second-order valence-electron chi connectivity index (χ2n) is 12.0. The lowest BCUT2D eigenvalue weighted by Crippen LogP contribution is -2.11. The fourth-order valence-corrected chi connectivity index (χ4v) is 7.15. The Morgan fingerprint density at radius 1 is 0.500 bits per heavy atom. The van der Waals surface area contributed by atoms with Crippen LogP contribution in [0.1, 0.15) is 0 Å². The van der Waals surface area contributed by atoms with Gasteiger partial charge < -0.3 is 18.3 Å². The van der Waals surface area contributed by atoms with Gasteiger partial charge in [0.15, 0.2) is 11.2 Å². The lowest BCUT2D eigenvalue weighted by Gasteiger charge is -2.27. The standard InChI is InChI=1S/C43H27N3O2/c1-4-14-28(15-5-1)43-44-40-38(48-43)27-26-37-39(40)33-22-13-25-36(42(33)47-37)45(29-16-6-2-7-17-29)35-24-12-21-32-31-20-10-11-23-34(31)46(41(32)35)30-18-8-3-9-19-30/h1-27H. The van der Waals surface area contributed by atoms with Crippen LogP contribution >= 0.6 is 0 Å². The molecule has 3 aromatic heterocycles. The van der Waals surface area contributed by atoms with Crippen molar-refractivity contribution in [1.82, 2.24) is 9.55 Å². The Bertz CT molecular complexity index is 2780. The summed E-state index contributed by atoms with van der Waals surface area (Å²) >= 11 is 0. The monoisotopic (exact) mass is 617 g/mol. The van der Waals surface area contributed by atoms with Crippen molar-refractivity contribution in [2.45, 2.75) is 0 Å². The number of rotatable bonds is 5. The molecule has 0 saturated heterocycles. The van der Waals surface area contributed by atoms with Crippen LogP contribution in [-0.4, -0.2) is 9.55 Å². The summed E-state index contributed by atoms with van der Waals surface area (Å²) in [7, 11) is 0. The number of anilines is 3. The molecule has 5 nitrogen and oxygen atoms in total.